The van der Waals surface area contributed by atoms with Crippen molar-refractivity contribution in [3.63, 3.8) is 0 Å². The summed E-state index contributed by atoms with van der Waals surface area (Å²) in [5.41, 5.74) is -0.682. The standard InChI is InChI=1S/C17H17ClO4/c1-17(20,11-16(19)21-2)12-6-8-14(9-7-12)22-15-5-3-4-13(18)10-15/h3-10,20H,11H2,1-2H3. The van der Waals surface area contributed by atoms with Crippen LogP contribution >= 0.6 is 11.6 Å². The number of rotatable bonds is 5. The normalized spacial score (nSPS) is 13.3. The van der Waals surface area contributed by atoms with E-state index in [2.05, 4.69) is 4.74 Å². The first-order chi connectivity index (χ1) is 10.4. The highest BCUT2D eigenvalue weighted by atomic mass is 35.5. The van der Waals surface area contributed by atoms with Crippen LogP contribution in [-0.2, 0) is 15.1 Å². The number of esters is 1. The number of ether oxygens (including phenoxy) is 2. The average molecular weight is 321 g/mol. The third kappa shape index (κ3) is 4.23. The monoisotopic (exact) mass is 320 g/mol. The first-order valence-electron chi connectivity index (χ1n) is 6.74. The molecule has 2 aromatic rings. The predicted molar refractivity (Wildman–Crippen MR) is 84.2 cm³/mol. The Hall–Kier alpha value is -2.04. The molecule has 0 aliphatic heterocycles. The molecule has 0 radical (unpaired) electrons. The van der Waals surface area contributed by atoms with Crippen LogP contribution in [0.5, 0.6) is 11.5 Å². The van der Waals surface area contributed by atoms with Gasteiger partial charge in [0.25, 0.3) is 0 Å². The second-order valence-corrected chi connectivity index (χ2v) is 5.55. The molecule has 0 amide bonds. The summed E-state index contributed by atoms with van der Waals surface area (Å²) in [5, 5.41) is 10.9. The zero-order chi connectivity index (χ0) is 16.2. The van der Waals surface area contributed by atoms with Crippen LogP contribution in [0.1, 0.15) is 18.9 Å². The van der Waals surface area contributed by atoms with Crippen molar-refractivity contribution in [3.8, 4) is 11.5 Å². The van der Waals surface area contributed by atoms with E-state index in [1.807, 2.05) is 0 Å². The summed E-state index contributed by atoms with van der Waals surface area (Å²) in [4.78, 5) is 11.3. The Kier molecular flexibility index (Phi) is 5.06. The molecule has 0 aromatic heterocycles. The first kappa shape index (κ1) is 16.3. The molecule has 2 aromatic carbocycles. The molecule has 116 valence electrons. The lowest BCUT2D eigenvalue weighted by atomic mass is 9.92. The van der Waals surface area contributed by atoms with Gasteiger partial charge in [0.2, 0.25) is 0 Å². The number of halogens is 1. The van der Waals surface area contributed by atoms with E-state index in [0.29, 0.717) is 22.1 Å². The van der Waals surface area contributed by atoms with Crippen molar-refractivity contribution in [1.29, 1.82) is 0 Å². The van der Waals surface area contributed by atoms with Gasteiger partial charge in [-0.15, -0.1) is 0 Å². The van der Waals surface area contributed by atoms with E-state index < -0.39 is 11.6 Å². The SMILES string of the molecule is COC(=O)CC(C)(O)c1ccc(Oc2cccc(Cl)c2)cc1. The van der Waals surface area contributed by atoms with Gasteiger partial charge in [-0.3, -0.25) is 4.79 Å². The fourth-order valence-electron chi connectivity index (χ4n) is 2.00. The molecule has 0 aliphatic carbocycles. The summed E-state index contributed by atoms with van der Waals surface area (Å²) in [7, 11) is 1.29. The summed E-state index contributed by atoms with van der Waals surface area (Å²) >= 11 is 5.90. The minimum absolute atomic E-state index is 0.113. The molecule has 22 heavy (non-hydrogen) atoms. The molecule has 0 saturated heterocycles. The lowest BCUT2D eigenvalue weighted by Gasteiger charge is -2.22. The van der Waals surface area contributed by atoms with Crippen molar-refractivity contribution in [2.45, 2.75) is 18.9 Å². The van der Waals surface area contributed by atoms with Gasteiger partial charge in [0.05, 0.1) is 19.1 Å². The van der Waals surface area contributed by atoms with Crippen LogP contribution in [0.2, 0.25) is 5.02 Å². The highest BCUT2D eigenvalue weighted by Crippen LogP contribution is 2.29. The average Bonchev–Trinajstić information content (AvgIpc) is 2.47. The Morgan fingerprint density at radius 3 is 2.45 bits per heavy atom. The van der Waals surface area contributed by atoms with E-state index in [9.17, 15) is 9.90 Å². The zero-order valence-corrected chi connectivity index (χ0v) is 13.1. The molecule has 0 spiro atoms. The van der Waals surface area contributed by atoms with Gasteiger partial charge in [-0.2, -0.15) is 0 Å². The van der Waals surface area contributed by atoms with Crippen molar-refractivity contribution < 1.29 is 19.4 Å². The molecule has 0 aliphatic rings. The molecular weight excluding hydrogens is 304 g/mol. The Morgan fingerprint density at radius 2 is 1.86 bits per heavy atom. The van der Waals surface area contributed by atoms with E-state index in [1.54, 1.807) is 55.5 Å². The van der Waals surface area contributed by atoms with Crippen LogP contribution in [0, 0.1) is 0 Å². The Bertz CT molecular complexity index is 650. The van der Waals surface area contributed by atoms with Crippen LogP contribution in [0.3, 0.4) is 0 Å². The van der Waals surface area contributed by atoms with Gasteiger partial charge in [0, 0.05) is 5.02 Å². The number of aliphatic hydroxyl groups is 1. The molecule has 0 heterocycles. The van der Waals surface area contributed by atoms with Crippen molar-refractivity contribution in [2.75, 3.05) is 7.11 Å². The Morgan fingerprint density at radius 1 is 1.18 bits per heavy atom. The number of carbonyl (C=O) groups is 1. The third-order valence-electron chi connectivity index (χ3n) is 3.22. The smallest absolute Gasteiger partial charge is 0.308 e. The second-order valence-electron chi connectivity index (χ2n) is 5.11. The molecule has 5 heteroatoms. The summed E-state index contributed by atoms with van der Waals surface area (Å²) < 4.78 is 10.3. The van der Waals surface area contributed by atoms with Crippen LogP contribution in [0.15, 0.2) is 48.5 Å². The highest BCUT2D eigenvalue weighted by molar-refractivity contribution is 6.30. The summed E-state index contributed by atoms with van der Waals surface area (Å²) in [5.74, 6) is 0.769. The van der Waals surface area contributed by atoms with Crippen LogP contribution in [-0.4, -0.2) is 18.2 Å². The van der Waals surface area contributed by atoms with Gasteiger partial charge in [0.15, 0.2) is 0 Å². The Balaban J connectivity index is 2.11. The molecule has 0 saturated carbocycles. The number of hydrogen-bond donors (Lipinski definition) is 1. The third-order valence-corrected chi connectivity index (χ3v) is 3.46. The number of benzene rings is 2. The van der Waals surface area contributed by atoms with E-state index >= 15 is 0 Å². The van der Waals surface area contributed by atoms with Gasteiger partial charge < -0.3 is 14.6 Å². The van der Waals surface area contributed by atoms with Crippen LogP contribution in [0.25, 0.3) is 0 Å². The van der Waals surface area contributed by atoms with Crippen molar-refractivity contribution >= 4 is 17.6 Å². The number of hydrogen-bond acceptors (Lipinski definition) is 4. The first-order valence-corrected chi connectivity index (χ1v) is 7.12. The fourth-order valence-corrected chi connectivity index (χ4v) is 2.18. The van der Waals surface area contributed by atoms with E-state index in [-0.39, 0.29) is 6.42 Å². The van der Waals surface area contributed by atoms with Crippen LogP contribution < -0.4 is 4.74 Å². The lowest BCUT2D eigenvalue weighted by Crippen LogP contribution is -2.25. The number of methoxy groups -OCH3 is 1. The maximum absolute atomic E-state index is 11.3. The van der Waals surface area contributed by atoms with E-state index in [4.69, 9.17) is 16.3 Å². The molecular formula is C17H17ClO4. The predicted octanol–water partition coefficient (Wildman–Crippen LogP) is 3.90. The molecule has 1 N–H and O–H groups in total. The molecule has 2 rings (SSSR count). The van der Waals surface area contributed by atoms with Gasteiger partial charge in [-0.25, -0.2) is 0 Å². The molecule has 4 nitrogen and oxygen atoms in total. The van der Waals surface area contributed by atoms with Crippen molar-refractivity contribution in [1.82, 2.24) is 0 Å². The zero-order valence-electron chi connectivity index (χ0n) is 12.4. The maximum Gasteiger partial charge on any atom is 0.308 e. The second kappa shape index (κ2) is 6.81. The van der Waals surface area contributed by atoms with Gasteiger partial charge in [-0.1, -0.05) is 29.8 Å². The topological polar surface area (TPSA) is 55.8 Å². The minimum Gasteiger partial charge on any atom is -0.469 e. The summed E-state index contributed by atoms with van der Waals surface area (Å²) in [6.07, 6.45) is -0.113. The van der Waals surface area contributed by atoms with Crippen molar-refractivity contribution in [3.05, 3.63) is 59.1 Å². The Labute approximate surface area is 134 Å². The maximum atomic E-state index is 11.3. The van der Waals surface area contributed by atoms with Crippen LogP contribution in [0.4, 0.5) is 0 Å². The fraction of sp³-hybridized carbons (Fsp3) is 0.235. The quantitative estimate of drug-likeness (QED) is 0.849. The molecule has 1 unspecified atom stereocenters. The molecule has 1 atom stereocenters. The van der Waals surface area contributed by atoms with E-state index in [1.165, 1.54) is 7.11 Å². The van der Waals surface area contributed by atoms with Gasteiger partial charge in [-0.05, 0) is 42.8 Å². The van der Waals surface area contributed by atoms with Gasteiger partial charge >= 0.3 is 5.97 Å². The summed E-state index contributed by atoms with van der Waals surface area (Å²) in [6.45, 7) is 1.57. The summed E-state index contributed by atoms with van der Waals surface area (Å²) in [6, 6.07) is 13.9. The molecule has 0 fully saturated rings. The largest absolute Gasteiger partial charge is 0.469 e. The van der Waals surface area contributed by atoms with Crippen molar-refractivity contribution in [2.24, 2.45) is 0 Å². The minimum atomic E-state index is -1.29. The highest BCUT2D eigenvalue weighted by Gasteiger charge is 2.27. The lowest BCUT2D eigenvalue weighted by molar-refractivity contribution is -0.145. The molecule has 0 bridgehead atoms. The van der Waals surface area contributed by atoms with Gasteiger partial charge in [0.1, 0.15) is 11.5 Å². The van der Waals surface area contributed by atoms with E-state index in [0.717, 1.165) is 0 Å². The number of carbonyl (C=O) groups excluding carboxylic acids is 1.